The van der Waals surface area contributed by atoms with Gasteiger partial charge < -0.3 is 9.47 Å². The van der Waals surface area contributed by atoms with E-state index < -0.39 is 34.9 Å². The summed E-state index contributed by atoms with van der Waals surface area (Å²) in [6.45, 7) is 10.6. The van der Waals surface area contributed by atoms with Gasteiger partial charge in [0.05, 0.1) is 6.54 Å². The number of hydrogen-bond acceptors (Lipinski definition) is 7. The SMILES string of the molecule is CC(C)(C)OC(=O)C1CC2(C=C(C#N)NO2)CN1C(=O)OC(C)(C)C. The van der Waals surface area contributed by atoms with E-state index in [0.717, 1.165) is 0 Å². The van der Waals surface area contributed by atoms with Gasteiger partial charge in [-0.2, -0.15) is 5.26 Å². The minimum atomic E-state index is -0.955. The van der Waals surface area contributed by atoms with Gasteiger partial charge in [0.2, 0.25) is 0 Å². The second kappa shape index (κ2) is 6.23. The fourth-order valence-electron chi connectivity index (χ4n) is 2.71. The number of rotatable bonds is 1. The van der Waals surface area contributed by atoms with E-state index in [0.29, 0.717) is 0 Å². The molecule has 0 aromatic rings. The van der Waals surface area contributed by atoms with E-state index >= 15 is 0 Å². The highest BCUT2D eigenvalue weighted by Gasteiger charge is 2.53. The van der Waals surface area contributed by atoms with Crippen LogP contribution in [0.3, 0.4) is 0 Å². The van der Waals surface area contributed by atoms with Gasteiger partial charge in [0, 0.05) is 6.42 Å². The van der Waals surface area contributed by atoms with Crippen LogP contribution in [0.15, 0.2) is 11.8 Å². The first-order chi connectivity index (χ1) is 11.3. The highest BCUT2D eigenvalue weighted by atomic mass is 16.7. The van der Waals surface area contributed by atoms with Crippen molar-refractivity contribution >= 4 is 12.1 Å². The average molecular weight is 351 g/mol. The van der Waals surface area contributed by atoms with Gasteiger partial charge in [0.15, 0.2) is 0 Å². The van der Waals surface area contributed by atoms with Crippen molar-refractivity contribution in [3.05, 3.63) is 11.8 Å². The Bertz CT molecular complexity index is 600. The largest absolute Gasteiger partial charge is 0.458 e. The Balaban J connectivity index is 2.27. The molecule has 1 fully saturated rings. The molecule has 1 saturated heterocycles. The van der Waals surface area contributed by atoms with Crippen LogP contribution >= 0.6 is 0 Å². The molecular formula is C17H25N3O5. The van der Waals surface area contributed by atoms with Crippen LogP contribution in [-0.2, 0) is 19.1 Å². The third kappa shape index (κ3) is 4.63. The van der Waals surface area contributed by atoms with Gasteiger partial charge in [-0.05, 0) is 47.6 Å². The molecule has 0 aliphatic carbocycles. The summed E-state index contributed by atoms with van der Waals surface area (Å²) in [7, 11) is 0. The topological polar surface area (TPSA) is 101 Å². The summed E-state index contributed by atoms with van der Waals surface area (Å²) < 4.78 is 10.8. The van der Waals surface area contributed by atoms with Crippen LogP contribution in [0.5, 0.6) is 0 Å². The fourth-order valence-corrected chi connectivity index (χ4v) is 2.71. The van der Waals surface area contributed by atoms with Gasteiger partial charge in [-0.3, -0.25) is 15.2 Å². The van der Waals surface area contributed by atoms with E-state index in [-0.39, 0.29) is 18.7 Å². The minimum absolute atomic E-state index is 0.0873. The zero-order valence-electron chi connectivity index (χ0n) is 15.5. The Labute approximate surface area is 147 Å². The first-order valence-corrected chi connectivity index (χ1v) is 8.14. The van der Waals surface area contributed by atoms with Crippen LogP contribution in [0.1, 0.15) is 48.0 Å². The van der Waals surface area contributed by atoms with Crippen LogP contribution in [-0.4, -0.2) is 46.4 Å². The second-order valence-electron chi connectivity index (χ2n) is 8.30. The predicted molar refractivity (Wildman–Crippen MR) is 87.8 cm³/mol. The van der Waals surface area contributed by atoms with Gasteiger partial charge in [0.25, 0.3) is 0 Å². The summed E-state index contributed by atoms with van der Waals surface area (Å²) in [5, 5.41) is 9.01. The Hall–Kier alpha value is -2.27. The van der Waals surface area contributed by atoms with Crippen molar-refractivity contribution in [2.24, 2.45) is 0 Å². The van der Waals surface area contributed by atoms with Crippen molar-refractivity contribution < 1.29 is 23.9 Å². The van der Waals surface area contributed by atoms with Crippen LogP contribution in [0.25, 0.3) is 0 Å². The van der Waals surface area contributed by atoms with Crippen LogP contribution in [0, 0.1) is 11.3 Å². The summed E-state index contributed by atoms with van der Waals surface area (Å²) in [6.07, 6.45) is 1.15. The molecular weight excluding hydrogens is 326 g/mol. The van der Waals surface area contributed by atoms with Crippen molar-refractivity contribution in [1.82, 2.24) is 10.4 Å². The van der Waals surface area contributed by atoms with Crippen molar-refractivity contribution in [1.29, 1.82) is 5.26 Å². The predicted octanol–water partition coefficient (Wildman–Crippen LogP) is 2.02. The smallest absolute Gasteiger partial charge is 0.411 e. The zero-order valence-corrected chi connectivity index (χ0v) is 15.5. The maximum atomic E-state index is 12.6. The van der Waals surface area contributed by atoms with Gasteiger partial charge in [0.1, 0.15) is 34.6 Å². The molecule has 1 spiro atoms. The molecule has 0 aromatic carbocycles. The number of nitriles is 1. The molecule has 2 rings (SSSR count). The Kier molecular flexibility index (Phi) is 4.75. The van der Waals surface area contributed by atoms with E-state index in [2.05, 4.69) is 5.48 Å². The fraction of sp³-hybridized carbons (Fsp3) is 0.706. The summed E-state index contributed by atoms with van der Waals surface area (Å²) in [5.41, 5.74) is 0.427. The number of nitrogens with one attached hydrogen (secondary N) is 1. The molecule has 2 unspecified atom stereocenters. The Morgan fingerprint density at radius 3 is 2.36 bits per heavy atom. The number of hydroxylamine groups is 1. The van der Waals surface area contributed by atoms with Gasteiger partial charge in [-0.1, -0.05) is 0 Å². The maximum Gasteiger partial charge on any atom is 0.411 e. The van der Waals surface area contributed by atoms with Crippen LogP contribution in [0.2, 0.25) is 0 Å². The van der Waals surface area contributed by atoms with E-state index in [1.165, 1.54) is 4.90 Å². The summed E-state index contributed by atoms with van der Waals surface area (Å²) >= 11 is 0. The number of amides is 1. The molecule has 1 amide bonds. The lowest BCUT2D eigenvalue weighted by molar-refractivity contribution is -0.160. The highest BCUT2D eigenvalue weighted by molar-refractivity contribution is 5.83. The van der Waals surface area contributed by atoms with Gasteiger partial charge in [-0.15, -0.1) is 0 Å². The Morgan fingerprint density at radius 2 is 1.88 bits per heavy atom. The molecule has 0 aromatic heterocycles. The van der Waals surface area contributed by atoms with Crippen LogP contribution in [0.4, 0.5) is 4.79 Å². The quantitative estimate of drug-likeness (QED) is 0.721. The molecule has 0 bridgehead atoms. The van der Waals surface area contributed by atoms with E-state index in [9.17, 15) is 9.59 Å². The number of nitrogens with zero attached hydrogens (tertiary/aromatic N) is 2. The van der Waals surface area contributed by atoms with E-state index in [1.807, 2.05) is 6.07 Å². The third-order valence-corrected chi connectivity index (χ3v) is 3.55. The molecule has 1 N–H and O–H groups in total. The number of hydrogen-bond donors (Lipinski definition) is 1. The molecule has 138 valence electrons. The van der Waals surface area contributed by atoms with Crippen molar-refractivity contribution in [3.8, 4) is 6.07 Å². The number of ether oxygens (including phenoxy) is 2. The van der Waals surface area contributed by atoms with E-state index in [4.69, 9.17) is 19.6 Å². The van der Waals surface area contributed by atoms with Gasteiger partial charge in [-0.25, -0.2) is 9.59 Å². The molecule has 2 aliphatic heterocycles. The number of esters is 1. The van der Waals surface area contributed by atoms with Gasteiger partial charge >= 0.3 is 12.1 Å². The number of carbonyl (C=O) groups is 2. The normalized spacial score (nSPS) is 26.0. The average Bonchev–Trinajstić information content (AvgIpc) is 3.00. The molecule has 0 saturated carbocycles. The summed E-state index contributed by atoms with van der Waals surface area (Å²) in [5.74, 6) is -0.530. The highest BCUT2D eigenvalue weighted by Crippen LogP contribution is 2.36. The molecule has 8 heteroatoms. The molecule has 25 heavy (non-hydrogen) atoms. The standard InChI is InChI=1S/C17H25N3O5/c1-15(2,3)23-13(21)12-8-17(7-11(9-18)19-25-17)10-20(12)14(22)24-16(4,5)6/h7,12,19H,8,10H2,1-6H3. The maximum absolute atomic E-state index is 12.6. The number of allylic oxidation sites excluding steroid dienone is 1. The molecule has 2 atom stereocenters. The van der Waals surface area contributed by atoms with Crippen molar-refractivity contribution in [2.45, 2.75) is 70.8 Å². The van der Waals surface area contributed by atoms with E-state index in [1.54, 1.807) is 47.6 Å². The first kappa shape index (κ1) is 19.1. The number of likely N-dealkylation sites (tertiary alicyclic amines) is 1. The molecule has 8 nitrogen and oxygen atoms in total. The Morgan fingerprint density at radius 1 is 1.28 bits per heavy atom. The zero-order chi connectivity index (χ0) is 19.0. The third-order valence-electron chi connectivity index (χ3n) is 3.55. The lowest BCUT2D eigenvalue weighted by atomic mass is 9.99. The van der Waals surface area contributed by atoms with Crippen molar-refractivity contribution in [3.63, 3.8) is 0 Å². The summed E-state index contributed by atoms with van der Waals surface area (Å²) in [4.78, 5) is 32.0. The second-order valence-corrected chi connectivity index (χ2v) is 8.30. The molecule has 2 heterocycles. The summed E-state index contributed by atoms with van der Waals surface area (Å²) in [6, 6.07) is 1.10. The molecule has 2 aliphatic rings. The van der Waals surface area contributed by atoms with Crippen molar-refractivity contribution in [2.75, 3.05) is 6.54 Å². The molecule has 0 radical (unpaired) electrons. The lowest BCUT2D eigenvalue weighted by Crippen LogP contribution is -2.46. The first-order valence-electron chi connectivity index (χ1n) is 8.14. The van der Waals surface area contributed by atoms with Crippen LogP contribution < -0.4 is 5.48 Å². The lowest BCUT2D eigenvalue weighted by Gasteiger charge is -2.29. The minimum Gasteiger partial charge on any atom is -0.458 e. The number of carbonyl (C=O) groups excluding carboxylic acids is 2. The monoisotopic (exact) mass is 351 g/mol.